The van der Waals surface area contributed by atoms with Gasteiger partial charge in [-0.1, -0.05) is 41.7 Å². The Labute approximate surface area is 96.7 Å². The topological polar surface area (TPSA) is 35.0 Å². The smallest absolute Gasteiger partial charge is 0.294 e. The lowest BCUT2D eigenvalue weighted by Gasteiger charge is -2.00. The van der Waals surface area contributed by atoms with Gasteiger partial charge in [-0.3, -0.25) is 0 Å². The third-order valence-electron chi connectivity index (χ3n) is 1.77. The van der Waals surface area contributed by atoms with Crippen LogP contribution in [0.1, 0.15) is 10.6 Å². The molecule has 78 valence electrons. The summed E-state index contributed by atoms with van der Waals surface area (Å²) in [4.78, 5) is 0. The molecule has 0 saturated carbocycles. The minimum Gasteiger partial charge on any atom is -0.464 e. The van der Waals surface area contributed by atoms with Gasteiger partial charge in [0, 0.05) is 0 Å². The Morgan fingerprint density at radius 1 is 1.20 bits per heavy atom. The van der Waals surface area contributed by atoms with Gasteiger partial charge >= 0.3 is 0 Å². The van der Waals surface area contributed by atoms with Crippen molar-refractivity contribution >= 4 is 22.9 Å². The fourth-order valence-electron chi connectivity index (χ4n) is 1.07. The van der Waals surface area contributed by atoms with Crippen molar-refractivity contribution in [1.29, 1.82) is 0 Å². The van der Waals surface area contributed by atoms with E-state index in [9.17, 15) is 0 Å². The van der Waals surface area contributed by atoms with Crippen LogP contribution in [0.5, 0.6) is 5.19 Å². The maximum Gasteiger partial charge on any atom is 0.294 e. The summed E-state index contributed by atoms with van der Waals surface area (Å²) in [6, 6.07) is 9.93. The van der Waals surface area contributed by atoms with Crippen LogP contribution in [-0.4, -0.2) is 10.2 Å². The van der Waals surface area contributed by atoms with E-state index in [2.05, 4.69) is 10.2 Å². The van der Waals surface area contributed by atoms with Crippen LogP contribution in [0.15, 0.2) is 30.3 Å². The molecule has 0 saturated heterocycles. The number of benzene rings is 1. The van der Waals surface area contributed by atoms with Crippen molar-refractivity contribution in [2.45, 2.75) is 12.5 Å². The molecular weight excluding hydrogens is 232 g/mol. The van der Waals surface area contributed by atoms with Gasteiger partial charge in [-0.15, -0.1) is 21.8 Å². The first-order chi connectivity index (χ1) is 7.38. The molecule has 3 nitrogen and oxygen atoms in total. The van der Waals surface area contributed by atoms with Crippen molar-refractivity contribution < 1.29 is 4.74 Å². The highest BCUT2D eigenvalue weighted by Crippen LogP contribution is 2.20. The standard InChI is InChI=1S/C10H9ClN2OS/c11-6-9-12-13-10(15-9)14-7-8-4-2-1-3-5-8/h1-5H,6-7H2. The number of hydrogen-bond donors (Lipinski definition) is 0. The molecule has 2 aromatic rings. The summed E-state index contributed by atoms with van der Waals surface area (Å²) in [7, 11) is 0. The molecule has 0 aliphatic heterocycles. The van der Waals surface area contributed by atoms with Crippen molar-refractivity contribution in [3.05, 3.63) is 40.9 Å². The van der Waals surface area contributed by atoms with Gasteiger partial charge < -0.3 is 4.74 Å². The number of alkyl halides is 1. The van der Waals surface area contributed by atoms with Gasteiger partial charge in [-0.25, -0.2) is 0 Å². The molecule has 2 rings (SSSR count). The highest BCUT2D eigenvalue weighted by Gasteiger charge is 2.03. The van der Waals surface area contributed by atoms with Crippen LogP contribution in [0.2, 0.25) is 0 Å². The zero-order valence-electron chi connectivity index (χ0n) is 7.89. The van der Waals surface area contributed by atoms with E-state index < -0.39 is 0 Å². The molecule has 0 radical (unpaired) electrons. The molecule has 0 fully saturated rings. The van der Waals surface area contributed by atoms with Crippen LogP contribution in [0.3, 0.4) is 0 Å². The summed E-state index contributed by atoms with van der Waals surface area (Å²) in [6.45, 7) is 0.512. The van der Waals surface area contributed by atoms with Crippen LogP contribution in [0, 0.1) is 0 Å². The lowest BCUT2D eigenvalue weighted by molar-refractivity contribution is 0.302. The van der Waals surface area contributed by atoms with Crippen LogP contribution in [0.4, 0.5) is 0 Å². The Morgan fingerprint density at radius 2 is 2.00 bits per heavy atom. The number of hydrogen-bond acceptors (Lipinski definition) is 4. The molecule has 0 unspecified atom stereocenters. The molecule has 1 aromatic heterocycles. The monoisotopic (exact) mass is 240 g/mol. The molecule has 1 heterocycles. The second kappa shape index (κ2) is 5.09. The fraction of sp³-hybridized carbons (Fsp3) is 0.200. The zero-order chi connectivity index (χ0) is 10.5. The van der Waals surface area contributed by atoms with Crippen molar-refractivity contribution in [1.82, 2.24) is 10.2 Å². The first-order valence-electron chi connectivity index (χ1n) is 4.43. The molecule has 1 aromatic carbocycles. The molecule has 0 aliphatic carbocycles. The van der Waals surface area contributed by atoms with Gasteiger partial charge in [0.25, 0.3) is 5.19 Å². The predicted molar refractivity (Wildman–Crippen MR) is 60.2 cm³/mol. The van der Waals surface area contributed by atoms with Gasteiger partial charge in [0.15, 0.2) is 0 Å². The summed E-state index contributed by atoms with van der Waals surface area (Å²) < 4.78 is 5.46. The van der Waals surface area contributed by atoms with Crippen LogP contribution in [-0.2, 0) is 12.5 Å². The minimum atomic E-state index is 0.381. The Hall–Kier alpha value is -1.13. The van der Waals surface area contributed by atoms with Gasteiger partial charge in [-0.05, 0) is 5.56 Å². The Bertz CT molecular complexity index is 418. The van der Waals surface area contributed by atoms with E-state index in [4.69, 9.17) is 16.3 Å². The normalized spacial score (nSPS) is 10.2. The largest absolute Gasteiger partial charge is 0.464 e. The second-order valence-electron chi connectivity index (χ2n) is 2.87. The molecule has 15 heavy (non-hydrogen) atoms. The van der Waals surface area contributed by atoms with E-state index >= 15 is 0 Å². The summed E-state index contributed by atoms with van der Waals surface area (Å²) >= 11 is 6.99. The maximum absolute atomic E-state index is 5.61. The second-order valence-corrected chi connectivity index (χ2v) is 4.16. The highest BCUT2D eigenvalue weighted by molar-refractivity contribution is 7.13. The van der Waals surface area contributed by atoms with Crippen molar-refractivity contribution in [2.75, 3.05) is 0 Å². The summed E-state index contributed by atoms with van der Waals surface area (Å²) in [5.74, 6) is 0.381. The third kappa shape index (κ3) is 2.91. The molecule has 0 spiro atoms. The summed E-state index contributed by atoms with van der Waals surface area (Å²) in [5, 5.41) is 9.06. The van der Waals surface area contributed by atoms with Gasteiger partial charge in [0.1, 0.15) is 11.6 Å². The summed E-state index contributed by atoms with van der Waals surface area (Å²) in [5.41, 5.74) is 1.11. The number of nitrogens with zero attached hydrogens (tertiary/aromatic N) is 2. The average Bonchev–Trinajstić information content (AvgIpc) is 2.76. The quantitative estimate of drug-likeness (QED) is 0.771. The number of ether oxygens (including phenoxy) is 1. The van der Waals surface area contributed by atoms with Gasteiger partial charge in [0.2, 0.25) is 0 Å². The predicted octanol–water partition coefficient (Wildman–Crippen LogP) is 2.86. The van der Waals surface area contributed by atoms with E-state index in [0.717, 1.165) is 10.6 Å². The summed E-state index contributed by atoms with van der Waals surface area (Å²) in [6.07, 6.45) is 0. The Kier molecular flexibility index (Phi) is 3.53. The Morgan fingerprint density at radius 3 is 2.67 bits per heavy atom. The van der Waals surface area contributed by atoms with Crippen LogP contribution < -0.4 is 4.74 Å². The average molecular weight is 241 g/mol. The molecular formula is C10H9ClN2OS. The van der Waals surface area contributed by atoms with E-state index in [-0.39, 0.29) is 0 Å². The highest BCUT2D eigenvalue weighted by atomic mass is 35.5. The lowest BCUT2D eigenvalue weighted by atomic mass is 10.2. The lowest BCUT2D eigenvalue weighted by Crippen LogP contribution is -1.94. The van der Waals surface area contributed by atoms with E-state index in [0.29, 0.717) is 17.7 Å². The van der Waals surface area contributed by atoms with Gasteiger partial charge in [-0.2, -0.15) is 0 Å². The SMILES string of the molecule is ClCc1nnc(OCc2ccccc2)s1. The zero-order valence-corrected chi connectivity index (χ0v) is 9.46. The fourth-order valence-corrected chi connectivity index (χ4v) is 1.82. The van der Waals surface area contributed by atoms with E-state index in [1.165, 1.54) is 11.3 Å². The molecule has 5 heteroatoms. The first-order valence-corrected chi connectivity index (χ1v) is 5.78. The molecule has 0 atom stereocenters. The maximum atomic E-state index is 5.61. The number of rotatable bonds is 4. The van der Waals surface area contributed by atoms with E-state index in [1.54, 1.807) is 0 Å². The molecule has 0 amide bonds. The van der Waals surface area contributed by atoms with Gasteiger partial charge in [0.05, 0.1) is 5.88 Å². The van der Waals surface area contributed by atoms with E-state index in [1.807, 2.05) is 30.3 Å². The van der Waals surface area contributed by atoms with Crippen molar-refractivity contribution in [3.63, 3.8) is 0 Å². The Balaban J connectivity index is 1.93. The molecule has 0 aliphatic rings. The molecule has 0 N–H and O–H groups in total. The van der Waals surface area contributed by atoms with Crippen LogP contribution >= 0.6 is 22.9 Å². The third-order valence-corrected chi connectivity index (χ3v) is 3.02. The van der Waals surface area contributed by atoms with Crippen molar-refractivity contribution in [3.8, 4) is 5.19 Å². The number of halogens is 1. The van der Waals surface area contributed by atoms with Crippen LogP contribution in [0.25, 0.3) is 0 Å². The number of aromatic nitrogens is 2. The minimum absolute atomic E-state index is 0.381. The van der Waals surface area contributed by atoms with Crippen molar-refractivity contribution in [2.24, 2.45) is 0 Å². The molecule has 0 bridgehead atoms. The first kappa shape index (κ1) is 10.4.